The summed E-state index contributed by atoms with van der Waals surface area (Å²) in [7, 11) is 0. The first-order valence-corrected chi connectivity index (χ1v) is 11.9. The highest BCUT2D eigenvalue weighted by molar-refractivity contribution is 5.81. The third kappa shape index (κ3) is 5.43. The number of amides is 1. The number of morpholine rings is 1. The minimum Gasteiger partial charge on any atom is -0.373 e. The van der Waals surface area contributed by atoms with Gasteiger partial charge in [-0.25, -0.2) is 0 Å². The van der Waals surface area contributed by atoms with Crippen LogP contribution >= 0.6 is 0 Å². The molecule has 0 spiro atoms. The second-order valence-corrected chi connectivity index (χ2v) is 9.22. The first-order chi connectivity index (χ1) is 14.2. The van der Waals surface area contributed by atoms with Crippen LogP contribution in [0.2, 0.25) is 0 Å². The Kier molecular flexibility index (Phi) is 7.29. The van der Waals surface area contributed by atoms with Crippen LogP contribution in [-0.2, 0) is 9.53 Å². The highest BCUT2D eigenvalue weighted by Crippen LogP contribution is 2.27. The number of carbonyl (C=O) groups is 1. The number of likely N-dealkylation sites (tertiary alicyclic amines) is 1. The molecule has 7 nitrogen and oxygen atoms in total. The van der Waals surface area contributed by atoms with Crippen LogP contribution in [0.5, 0.6) is 0 Å². The summed E-state index contributed by atoms with van der Waals surface area (Å²) in [6, 6.07) is 0.920. The lowest BCUT2D eigenvalue weighted by Crippen LogP contribution is -2.48. The minimum atomic E-state index is 0.188. The number of ether oxygens (including phenoxy) is 1. The number of aliphatic imine (C=N–C) groups is 1. The molecule has 3 atom stereocenters. The summed E-state index contributed by atoms with van der Waals surface area (Å²) in [6.07, 6.45) is 9.64. The van der Waals surface area contributed by atoms with Crippen molar-refractivity contribution in [2.24, 2.45) is 10.9 Å². The van der Waals surface area contributed by atoms with Crippen LogP contribution in [-0.4, -0.2) is 85.7 Å². The number of nitrogens with one attached hydrogen (secondary N) is 2. The molecular formula is C22H39N5O2. The number of fused-ring (bicyclic) bond motifs is 1. The Morgan fingerprint density at radius 3 is 2.76 bits per heavy atom. The molecule has 4 rings (SSSR count). The van der Waals surface area contributed by atoms with Crippen molar-refractivity contribution in [3.05, 3.63) is 0 Å². The lowest BCUT2D eigenvalue weighted by Gasteiger charge is -2.34. The number of hydrogen-bond donors (Lipinski definition) is 2. The molecule has 3 aliphatic heterocycles. The van der Waals surface area contributed by atoms with Crippen LogP contribution < -0.4 is 10.6 Å². The maximum absolute atomic E-state index is 12.8. The van der Waals surface area contributed by atoms with Crippen molar-refractivity contribution in [1.82, 2.24) is 20.4 Å². The van der Waals surface area contributed by atoms with E-state index in [4.69, 9.17) is 9.73 Å². The lowest BCUT2D eigenvalue weighted by molar-refractivity contribution is -0.135. The first kappa shape index (κ1) is 20.9. The smallest absolute Gasteiger partial charge is 0.225 e. The molecule has 0 aromatic carbocycles. The maximum atomic E-state index is 12.8. The quantitative estimate of drug-likeness (QED) is 0.537. The third-order valence-corrected chi connectivity index (χ3v) is 7.05. The summed E-state index contributed by atoms with van der Waals surface area (Å²) in [5.74, 6) is 1.51. The van der Waals surface area contributed by atoms with Gasteiger partial charge >= 0.3 is 0 Å². The van der Waals surface area contributed by atoms with E-state index < -0.39 is 0 Å². The number of carbonyl (C=O) groups excluding carboxylic acids is 1. The van der Waals surface area contributed by atoms with Crippen LogP contribution in [0.15, 0.2) is 4.99 Å². The van der Waals surface area contributed by atoms with Gasteiger partial charge in [0.15, 0.2) is 5.96 Å². The first-order valence-electron chi connectivity index (χ1n) is 11.9. The zero-order valence-corrected chi connectivity index (χ0v) is 18.1. The van der Waals surface area contributed by atoms with Gasteiger partial charge in [0.2, 0.25) is 5.91 Å². The third-order valence-electron chi connectivity index (χ3n) is 7.05. The van der Waals surface area contributed by atoms with Crippen molar-refractivity contribution < 1.29 is 9.53 Å². The van der Waals surface area contributed by atoms with E-state index in [0.29, 0.717) is 18.5 Å². The Hall–Kier alpha value is -1.34. The van der Waals surface area contributed by atoms with Gasteiger partial charge in [0.25, 0.3) is 0 Å². The predicted molar refractivity (Wildman–Crippen MR) is 115 cm³/mol. The molecule has 1 amide bonds. The largest absolute Gasteiger partial charge is 0.373 e. The van der Waals surface area contributed by atoms with Crippen LogP contribution in [0.4, 0.5) is 0 Å². The molecule has 2 N–H and O–H groups in total. The monoisotopic (exact) mass is 405 g/mol. The van der Waals surface area contributed by atoms with Gasteiger partial charge < -0.3 is 20.3 Å². The average molecular weight is 406 g/mol. The Balaban J connectivity index is 1.25. The number of hydrogen-bond acceptors (Lipinski definition) is 4. The van der Waals surface area contributed by atoms with Crippen LogP contribution in [0.25, 0.3) is 0 Å². The molecule has 4 aliphatic rings. The molecule has 164 valence electrons. The lowest BCUT2D eigenvalue weighted by atomic mass is 9.88. The van der Waals surface area contributed by atoms with Crippen LogP contribution in [0, 0.1) is 5.92 Å². The molecule has 4 fully saturated rings. The normalized spacial score (nSPS) is 31.7. The molecule has 1 aliphatic carbocycles. The fourth-order valence-corrected chi connectivity index (χ4v) is 5.39. The molecule has 1 saturated carbocycles. The summed E-state index contributed by atoms with van der Waals surface area (Å²) >= 11 is 0. The Labute approximate surface area is 175 Å². The van der Waals surface area contributed by atoms with E-state index in [0.717, 1.165) is 58.0 Å². The topological polar surface area (TPSA) is 69.2 Å². The molecule has 0 radical (unpaired) electrons. The Bertz CT molecular complexity index is 578. The second kappa shape index (κ2) is 10.1. The number of nitrogens with zero attached hydrogens (tertiary/aromatic N) is 3. The maximum Gasteiger partial charge on any atom is 0.225 e. The summed E-state index contributed by atoms with van der Waals surface area (Å²) in [6.45, 7) is 8.35. The van der Waals surface area contributed by atoms with Crippen molar-refractivity contribution in [3.63, 3.8) is 0 Å². The zero-order chi connectivity index (χ0) is 20.1. The van der Waals surface area contributed by atoms with E-state index >= 15 is 0 Å². The molecule has 7 heteroatoms. The fourth-order valence-electron chi connectivity index (χ4n) is 5.39. The summed E-state index contributed by atoms with van der Waals surface area (Å²) < 4.78 is 6.05. The fraction of sp³-hybridized carbons (Fsp3) is 0.909. The number of guanidine groups is 1. The molecule has 3 heterocycles. The van der Waals surface area contributed by atoms with E-state index in [9.17, 15) is 4.79 Å². The van der Waals surface area contributed by atoms with Crippen LogP contribution in [0.3, 0.4) is 0 Å². The van der Waals surface area contributed by atoms with E-state index in [1.165, 1.54) is 38.6 Å². The van der Waals surface area contributed by atoms with E-state index in [2.05, 4.69) is 27.4 Å². The van der Waals surface area contributed by atoms with Crippen molar-refractivity contribution in [3.8, 4) is 0 Å². The van der Waals surface area contributed by atoms with Gasteiger partial charge in [-0.2, -0.15) is 0 Å². The van der Waals surface area contributed by atoms with Crippen LogP contribution in [0.1, 0.15) is 58.3 Å². The average Bonchev–Trinajstić information content (AvgIpc) is 3.41. The highest BCUT2D eigenvalue weighted by Gasteiger charge is 2.33. The van der Waals surface area contributed by atoms with Gasteiger partial charge in [-0.15, -0.1) is 0 Å². The molecule has 29 heavy (non-hydrogen) atoms. The van der Waals surface area contributed by atoms with Gasteiger partial charge in [0.05, 0.1) is 19.3 Å². The van der Waals surface area contributed by atoms with Crippen molar-refractivity contribution in [2.45, 2.75) is 76.5 Å². The molecular weight excluding hydrogens is 366 g/mol. The van der Waals surface area contributed by atoms with Crippen molar-refractivity contribution in [1.29, 1.82) is 0 Å². The minimum absolute atomic E-state index is 0.188. The van der Waals surface area contributed by atoms with Crippen molar-refractivity contribution in [2.75, 3.05) is 45.9 Å². The predicted octanol–water partition coefficient (Wildman–Crippen LogP) is 1.59. The Morgan fingerprint density at radius 1 is 1.07 bits per heavy atom. The van der Waals surface area contributed by atoms with Gasteiger partial charge in [-0.3, -0.25) is 14.7 Å². The summed E-state index contributed by atoms with van der Waals surface area (Å²) in [5.41, 5.74) is 0. The molecule has 3 saturated heterocycles. The molecule has 3 unspecified atom stereocenters. The standard InChI is InChI=1S/C22H39N5O2/c1-2-23-22(24-13-20-15-26-11-6-9-19(26)16-29-20)25-18-10-12-27(14-18)21(28)17-7-4-3-5-8-17/h17-20H,2-16H2,1H3,(H2,23,24,25). The Morgan fingerprint density at radius 2 is 1.93 bits per heavy atom. The van der Waals surface area contributed by atoms with E-state index in [-0.39, 0.29) is 18.1 Å². The van der Waals surface area contributed by atoms with Gasteiger partial charge in [-0.1, -0.05) is 19.3 Å². The number of rotatable bonds is 5. The summed E-state index contributed by atoms with van der Waals surface area (Å²) in [5, 5.41) is 6.94. The summed E-state index contributed by atoms with van der Waals surface area (Å²) in [4.78, 5) is 22.3. The van der Waals surface area contributed by atoms with Gasteiger partial charge in [0.1, 0.15) is 0 Å². The van der Waals surface area contributed by atoms with E-state index in [1.54, 1.807) is 0 Å². The molecule has 0 bridgehead atoms. The van der Waals surface area contributed by atoms with Crippen molar-refractivity contribution >= 4 is 11.9 Å². The highest BCUT2D eigenvalue weighted by atomic mass is 16.5. The molecule has 0 aromatic heterocycles. The van der Waals surface area contributed by atoms with E-state index in [1.807, 2.05) is 0 Å². The van der Waals surface area contributed by atoms with Gasteiger partial charge in [-0.05, 0) is 45.6 Å². The second-order valence-electron chi connectivity index (χ2n) is 9.22. The molecule has 0 aromatic rings. The van der Waals surface area contributed by atoms with Gasteiger partial charge in [0, 0.05) is 44.2 Å². The zero-order valence-electron chi connectivity index (χ0n) is 18.1. The SMILES string of the molecule is CCNC(=NCC1CN2CCCC2CO1)NC1CCN(C(=O)C2CCCCC2)C1.